The Kier molecular flexibility index (Phi) is 11.0. The number of pyridine rings is 1. The normalized spacial score (nSPS) is 11.0. The first-order chi connectivity index (χ1) is 21.0. The molecule has 3 aromatic carbocycles. The number of nitro groups is 2. The van der Waals surface area contributed by atoms with E-state index in [0.717, 1.165) is 35.7 Å². The zero-order chi connectivity index (χ0) is 33.5. The number of para-hydroxylation sites is 2. The smallest absolute Gasteiger partial charge is 0.286 e. The fourth-order valence-corrected chi connectivity index (χ4v) is 6.11. The Morgan fingerprint density at radius 2 is 1.22 bits per heavy atom. The Morgan fingerprint density at radius 3 is 1.62 bits per heavy atom. The minimum atomic E-state index is -4.77. The molecule has 5 rings (SSSR count). The van der Waals surface area contributed by atoms with Crippen molar-refractivity contribution >= 4 is 53.2 Å². The third kappa shape index (κ3) is 8.83. The number of rotatable bonds is 6. The highest BCUT2D eigenvalue weighted by molar-refractivity contribution is 7.86. The van der Waals surface area contributed by atoms with E-state index in [9.17, 15) is 46.2 Å². The maximum atomic E-state index is 10.5. The maximum Gasteiger partial charge on any atom is 0.286 e. The molecule has 2 heterocycles. The molecule has 0 aliphatic heterocycles. The van der Waals surface area contributed by atoms with Crippen molar-refractivity contribution in [1.29, 1.82) is 0 Å². The molecule has 0 aliphatic carbocycles. The van der Waals surface area contributed by atoms with Crippen molar-refractivity contribution in [2.75, 3.05) is 7.11 Å². The van der Waals surface area contributed by atoms with Gasteiger partial charge in [0.15, 0.2) is 12.4 Å². The second kappa shape index (κ2) is 14.3. The quantitative estimate of drug-likeness (QED) is 0.110. The van der Waals surface area contributed by atoms with E-state index in [2.05, 4.69) is 41.3 Å². The average molecular weight is 677 g/mol. The topological polar surface area (TPSA) is 218 Å². The Labute approximate surface area is 261 Å². The van der Waals surface area contributed by atoms with Crippen molar-refractivity contribution in [1.82, 2.24) is 0 Å². The summed E-state index contributed by atoms with van der Waals surface area (Å²) >= 11 is 1.82. The van der Waals surface area contributed by atoms with Gasteiger partial charge < -0.3 is 13.8 Å². The van der Waals surface area contributed by atoms with Crippen LogP contribution in [0.3, 0.4) is 0 Å². The Bertz CT molecular complexity index is 2000. The molecule has 0 radical (unpaired) electrons. The van der Waals surface area contributed by atoms with Gasteiger partial charge in [0.2, 0.25) is 16.2 Å². The molecule has 0 aliphatic rings. The lowest BCUT2D eigenvalue weighted by atomic mass is 10.3. The summed E-state index contributed by atoms with van der Waals surface area (Å²) in [7, 11) is -5.75. The minimum Gasteiger partial charge on any atom is -0.744 e. The van der Waals surface area contributed by atoms with Crippen molar-refractivity contribution in [3.63, 3.8) is 0 Å². The van der Waals surface area contributed by atoms with Gasteiger partial charge in [0.05, 0.1) is 17.0 Å². The molecule has 0 saturated carbocycles. The third-order valence-electron chi connectivity index (χ3n) is 6.03. The van der Waals surface area contributed by atoms with Gasteiger partial charge in [-0.2, -0.15) is 9.13 Å². The van der Waals surface area contributed by atoms with E-state index >= 15 is 0 Å². The summed E-state index contributed by atoms with van der Waals surface area (Å²) in [6.45, 7) is 2.14. The summed E-state index contributed by atoms with van der Waals surface area (Å²) in [5, 5.41) is 21.9. The van der Waals surface area contributed by atoms with Crippen LogP contribution in [0.1, 0.15) is 5.01 Å². The van der Waals surface area contributed by atoms with Crippen LogP contribution in [0.25, 0.3) is 15.9 Å². The molecule has 18 heteroatoms. The lowest BCUT2D eigenvalue weighted by molar-refractivity contribution is -0.646. The molecule has 45 heavy (non-hydrogen) atoms. The molecular weight excluding hydrogens is 653 g/mol. The Balaban J connectivity index is 0.000000190. The van der Waals surface area contributed by atoms with Crippen LogP contribution in [0, 0.1) is 27.2 Å². The predicted octanol–water partition coefficient (Wildman–Crippen LogP) is 3.32. The summed E-state index contributed by atoms with van der Waals surface area (Å²) in [4.78, 5) is 17.1. The predicted molar refractivity (Wildman–Crippen MR) is 158 cm³/mol. The highest BCUT2D eigenvalue weighted by atomic mass is 32.2. The number of methoxy groups -OCH3 is 1. The zero-order valence-electron chi connectivity index (χ0n) is 23.7. The van der Waals surface area contributed by atoms with Crippen LogP contribution < -0.4 is 13.9 Å². The van der Waals surface area contributed by atoms with Crippen LogP contribution in [0.15, 0.2) is 101 Å². The number of fused-ring (bicyclic) bond motifs is 1. The SMILES string of the molecule is COc1cc[n+](-c2ccc3c(c2)sc(C)[n+]3C)cc1.O=[N+]([O-])c1ccccc1S(=O)(=O)[O-].O=[N+]([O-])c1ccccc1S(=O)(=O)[O-]. The van der Waals surface area contributed by atoms with Gasteiger partial charge in [-0.3, -0.25) is 20.2 Å². The third-order valence-corrected chi connectivity index (χ3v) is 8.91. The largest absolute Gasteiger partial charge is 0.744 e. The number of nitrogens with zero attached hydrogens (tertiary/aromatic N) is 4. The van der Waals surface area contributed by atoms with Crippen molar-refractivity contribution in [3.05, 3.63) is 116 Å². The van der Waals surface area contributed by atoms with Gasteiger partial charge in [-0.05, 0) is 12.1 Å². The molecular formula is C27H24N4O11S3. The van der Waals surface area contributed by atoms with Crippen molar-refractivity contribution < 1.29 is 49.7 Å². The van der Waals surface area contributed by atoms with Crippen LogP contribution in [-0.4, -0.2) is 42.9 Å². The minimum absolute atomic E-state index is 0.697. The van der Waals surface area contributed by atoms with Crippen LogP contribution in [-0.2, 0) is 27.3 Å². The number of hydrogen-bond acceptors (Lipinski definition) is 12. The lowest BCUT2D eigenvalue weighted by Crippen LogP contribution is -2.30. The standard InChI is InChI=1S/C15H16N2OS.2C6H5NO5S/c1-11-16(2)14-5-4-12(10-15(14)19-11)17-8-6-13(18-3)7-9-17;2*8-7(9)5-3-1-2-4-6(5)13(10,11)12/h4-10H,1-3H3;2*1-4H,(H,10,11,12)/q+2;;/p-2. The molecule has 2 aromatic heterocycles. The van der Waals surface area contributed by atoms with Gasteiger partial charge in [0.25, 0.3) is 11.4 Å². The van der Waals surface area contributed by atoms with Crippen LogP contribution in [0.4, 0.5) is 11.4 Å². The van der Waals surface area contributed by atoms with Gasteiger partial charge in [0.1, 0.15) is 47.5 Å². The lowest BCUT2D eigenvalue weighted by Gasteiger charge is -2.06. The van der Waals surface area contributed by atoms with E-state index in [1.165, 1.54) is 39.5 Å². The molecule has 0 bridgehead atoms. The molecule has 0 saturated heterocycles. The number of nitro benzene ring substituents is 2. The first-order valence-corrected chi connectivity index (χ1v) is 16.0. The van der Waals surface area contributed by atoms with Gasteiger partial charge in [-0.25, -0.2) is 16.8 Å². The van der Waals surface area contributed by atoms with Crippen LogP contribution >= 0.6 is 11.3 Å². The fraction of sp³-hybridized carbons (Fsp3) is 0.111. The molecule has 5 aromatic rings. The van der Waals surface area contributed by atoms with Crippen molar-refractivity contribution in [2.24, 2.45) is 7.05 Å². The molecule has 0 atom stereocenters. The summed E-state index contributed by atoms with van der Waals surface area (Å²) in [5.74, 6) is 0.871. The number of aryl methyl sites for hydroxylation is 2. The molecule has 0 N–H and O–H groups in total. The van der Waals surface area contributed by atoms with Crippen LogP contribution in [0.5, 0.6) is 5.75 Å². The van der Waals surface area contributed by atoms with Gasteiger partial charge in [0, 0.05) is 49.4 Å². The molecule has 0 unspecified atom stereocenters. The summed E-state index contributed by atoms with van der Waals surface area (Å²) in [6.07, 6.45) is 4.03. The van der Waals surface area contributed by atoms with Crippen molar-refractivity contribution in [3.8, 4) is 11.4 Å². The van der Waals surface area contributed by atoms with E-state index in [1.807, 2.05) is 35.9 Å². The number of hydrogen-bond donors (Lipinski definition) is 0. The van der Waals surface area contributed by atoms with Gasteiger partial charge >= 0.3 is 0 Å². The Hall–Kier alpha value is -4.88. The molecule has 0 fully saturated rings. The van der Waals surface area contributed by atoms with E-state index in [4.69, 9.17) is 4.74 Å². The monoisotopic (exact) mass is 676 g/mol. The van der Waals surface area contributed by atoms with E-state index in [-0.39, 0.29) is 0 Å². The average Bonchev–Trinajstić information content (AvgIpc) is 3.29. The summed E-state index contributed by atoms with van der Waals surface area (Å²) in [5.41, 5.74) is 1.05. The Morgan fingerprint density at radius 1 is 0.756 bits per heavy atom. The number of aromatic nitrogens is 2. The second-order valence-electron chi connectivity index (χ2n) is 8.84. The molecule has 0 spiro atoms. The van der Waals surface area contributed by atoms with Gasteiger partial charge in [-0.15, -0.1) is 0 Å². The first kappa shape index (κ1) is 34.6. The van der Waals surface area contributed by atoms with E-state index < -0.39 is 51.2 Å². The number of benzene rings is 3. The van der Waals surface area contributed by atoms with Crippen molar-refractivity contribution in [2.45, 2.75) is 16.7 Å². The highest BCUT2D eigenvalue weighted by Gasteiger charge is 2.18. The van der Waals surface area contributed by atoms with Crippen LogP contribution in [0.2, 0.25) is 0 Å². The number of ether oxygens (including phenoxy) is 1. The summed E-state index contributed by atoms with van der Waals surface area (Å²) < 4.78 is 73.8. The van der Waals surface area contributed by atoms with Gasteiger partial charge in [-0.1, -0.05) is 35.6 Å². The summed E-state index contributed by atoms with van der Waals surface area (Å²) in [6, 6.07) is 19.3. The second-order valence-corrected chi connectivity index (χ2v) is 12.8. The fourth-order valence-electron chi connectivity index (χ4n) is 3.78. The molecule has 0 amide bonds. The first-order valence-electron chi connectivity index (χ1n) is 12.4. The zero-order valence-corrected chi connectivity index (χ0v) is 26.1. The van der Waals surface area contributed by atoms with E-state index in [1.54, 1.807) is 7.11 Å². The molecule has 236 valence electrons. The van der Waals surface area contributed by atoms with E-state index in [0.29, 0.717) is 0 Å². The highest BCUT2D eigenvalue weighted by Crippen LogP contribution is 2.23. The number of thiazole rings is 1. The molecule has 15 nitrogen and oxygen atoms in total. The maximum absolute atomic E-state index is 10.5.